The first-order valence-electron chi connectivity index (χ1n) is 5.80. The summed E-state index contributed by atoms with van der Waals surface area (Å²) in [5.41, 5.74) is 1.10. The van der Waals surface area contributed by atoms with Crippen LogP contribution in [0.25, 0.3) is 0 Å². The second-order valence-corrected chi connectivity index (χ2v) is 3.83. The number of benzene rings is 1. The molecule has 1 rings (SSSR count). The number of para-hydroxylation sites is 1. The molecule has 1 amide bonds. The lowest BCUT2D eigenvalue weighted by Crippen LogP contribution is -2.19. The van der Waals surface area contributed by atoms with Crippen LogP contribution >= 0.6 is 0 Å². The van der Waals surface area contributed by atoms with Crippen molar-refractivity contribution in [3.63, 3.8) is 0 Å². The number of carbonyl (C=O) groups is 2. The largest absolute Gasteiger partial charge is 0.481 e. The Morgan fingerprint density at radius 3 is 2.72 bits per heavy atom. The van der Waals surface area contributed by atoms with Crippen molar-refractivity contribution in [3.8, 4) is 0 Å². The molecule has 0 unspecified atom stereocenters. The van der Waals surface area contributed by atoms with Crippen molar-refractivity contribution in [1.29, 1.82) is 0 Å². The Morgan fingerprint density at radius 1 is 1.33 bits per heavy atom. The molecule has 1 aromatic rings. The van der Waals surface area contributed by atoms with E-state index in [0.29, 0.717) is 17.9 Å². The topological polar surface area (TPSA) is 75.6 Å². The summed E-state index contributed by atoms with van der Waals surface area (Å²) in [7, 11) is 0. The highest BCUT2D eigenvalue weighted by Gasteiger charge is 2.09. The zero-order valence-corrected chi connectivity index (χ0v) is 10.3. The standard InChI is InChI=1S/C13H17NO4/c1-2-7-18-9-12(15)14-11-6-4-3-5-10(11)8-13(16)17/h3-6H,2,7-9H2,1H3,(H,14,15)(H,16,17). The summed E-state index contributed by atoms with van der Waals surface area (Å²) < 4.78 is 5.11. The average Bonchev–Trinajstić information content (AvgIpc) is 2.31. The van der Waals surface area contributed by atoms with Crippen molar-refractivity contribution in [2.45, 2.75) is 19.8 Å². The van der Waals surface area contributed by atoms with Gasteiger partial charge in [0, 0.05) is 12.3 Å². The molecule has 98 valence electrons. The number of nitrogens with one attached hydrogen (secondary N) is 1. The monoisotopic (exact) mass is 251 g/mol. The van der Waals surface area contributed by atoms with Gasteiger partial charge in [-0.1, -0.05) is 25.1 Å². The highest BCUT2D eigenvalue weighted by atomic mass is 16.5. The number of hydrogen-bond donors (Lipinski definition) is 2. The number of carbonyl (C=O) groups excluding carboxylic acids is 1. The van der Waals surface area contributed by atoms with E-state index in [1.54, 1.807) is 24.3 Å². The molecule has 1 aromatic carbocycles. The van der Waals surface area contributed by atoms with Gasteiger partial charge in [-0.2, -0.15) is 0 Å². The van der Waals surface area contributed by atoms with E-state index in [1.807, 2.05) is 6.92 Å². The lowest BCUT2D eigenvalue weighted by molar-refractivity contribution is -0.136. The molecule has 5 nitrogen and oxygen atoms in total. The molecule has 0 spiro atoms. The summed E-state index contributed by atoms with van der Waals surface area (Å²) in [6.45, 7) is 2.47. The van der Waals surface area contributed by atoms with Crippen molar-refractivity contribution in [3.05, 3.63) is 29.8 Å². The summed E-state index contributed by atoms with van der Waals surface area (Å²) >= 11 is 0. The third-order valence-electron chi connectivity index (χ3n) is 2.21. The molecule has 0 saturated heterocycles. The molecule has 0 fully saturated rings. The third kappa shape index (κ3) is 4.97. The molecule has 0 aromatic heterocycles. The number of rotatable bonds is 7. The predicted octanol–water partition coefficient (Wildman–Crippen LogP) is 1.68. The SMILES string of the molecule is CCCOCC(=O)Nc1ccccc1CC(=O)O. The van der Waals surface area contributed by atoms with Gasteiger partial charge in [-0.15, -0.1) is 0 Å². The van der Waals surface area contributed by atoms with Crippen molar-refractivity contribution in [2.24, 2.45) is 0 Å². The van der Waals surface area contributed by atoms with E-state index >= 15 is 0 Å². The molecule has 0 heterocycles. The second-order valence-electron chi connectivity index (χ2n) is 3.83. The normalized spacial score (nSPS) is 10.1. The second kappa shape index (κ2) is 7.45. The first-order valence-corrected chi connectivity index (χ1v) is 5.80. The Labute approximate surface area is 106 Å². The number of hydrogen-bond acceptors (Lipinski definition) is 3. The van der Waals surface area contributed by atoms with Crippen LogP contribution in [0.2, 0.25) is 0 Å². The molecule has 0 atom stereocenters. The maximum atomic E-state index is 11.5. The van der Waals surface area contributed by atoms with E-state index in [2.05, 4.69) is 5.32 Å². The van der Waals surface area contributed by atoms with Crippen molar-refractivity contribution < 1.29 is 19.4 Å². The maximum absolute atomic E-state index is 11.5. The van der Waals surface area contributed by atoms with Gasteiger partial charge >= 0.3 is 5.97 Å². The van der Waals surface area contributed by atoms with Crippen molar-refractivity contribution in [2.75, 3.05) is 18.5 Å². The van der Waals surface area contributed by atoms with E-state index in [0.717, 1.165) is 6.42 Å². The minimum absolute atomic E-state index is 0.0186. The van der Waals surface area contributed by atoms with Crippen LogP contribution in [0.4, 0.5) is 5.69 Å². The lowest BCUT2D eigenvalue weighted by atomic mass is 10.1. The highest BCUT2D eigenvalue weighted by molar-refractivity contribution is 5.93. The number of ether oxygens (including phenoxy) is 1. The summed E-state index contributed by atoms with van der Waals surface area (Å²) in [5, 5.41) is 11.4. The number of anilines is 1. The smallest absolute Gasteiger partial charge is 0.307 e. The van der Waals surface area contributed by atoms with Gasteiger partial charge in [0.15, 0.2) is 0 Å². The van der Waals surface area contributed by atoms with Crippen LogP contribution in [0.3, 0.4) is 0 Å². The predicted molar refractivity (Wildman–Crippen MR) is 67.5 cm³/mol. The van der Waals surface area contributed by atoms with Gasteiger partial charge in [0.25, 0.3) is 0 Å². The fraction of sp³-hybridized carbons (Fsp3) is 0.385. The van der Waals surface area contributed by atoms with Gasteiger partial charge in [-0.3, -0.25) is 9.59 Å². The van der Waals surface area contributed by atoms with E-state index in [-0.39, 0.29) is 18.9 Å². The lowest BCUT2D eigenvalue weighted by Gasteiger charge is -2.09. The summed E-state index contributed by atoms with van der Waals surface area (Å²) in [5.74, 6) is -1.21. The average molecular weight is 251 g/mol. The first-order chi connectivity index (χ1) is 8.63. The minimum Gasteiger partial charge on any atom is -0.481 e. The Hall–Kier alpha value is -1.88. The van der Waals surface area contributed by atoms with Crippen LogP contribution in [-0.2, 0) is 20.7 Å². The van der Waals surface area contributed by atoms with Crippen molar-refractivity contribution in [1.82, 2.24) is 0 Å². The molecule has 0 bridgehead atoms. The van der Waals surface area contributed by atoms with Gasteiger partial charge < -0.3 is 15.2 Å². The van der Waals surface area contributed by atoms with E-state index in [4.69, 9.17) is 9.84 Å². The van der Waals surface area contributed by atoms with Gasteiger partial charge in [-0.05, 0) is 18.1 Å². The molecular formula is C13H17NO4. The first kappa shape index (κ1) is 14.2. The Kier molecular flexibility index (Phi) is 5.87. The van der Waals surface area contributed by atoms with Gasteiger partial charge in [0.1, 0.15) is 6.61 Å². The Balaban J connectivity index is 2.60. The molecule has 2 N–H and O–H groups in total. The zero-order chi connectivity index (χ0) is 13.4. The van der Waals surface area contributed by atoms with E-state index in [1.165, 1.54) is 0 Å². The molecule has 0 radical (unpaired) electrons. The van der Waals surface area contributed by atoms with Crippen molar-refractivity contribution >= 4 is 17.6 Å². The van der Waals surface area contributed by atoms with E-state index in [9.17, 15) is 9.59 Å². The van der Waals surface area contributed by atoms with Gasteiger partial charge in [0.2, 0.25) is 5.91 Å². The van der Waals surface area contributed by atoms with Crippen LogP contribution < -0.4 is 5.32 Å². The minimum atomic E-state index is -0.932. The summed E-state index contributed by atoms with van der Waals surface area (Å²) in [4.78, 5) is 22.2. The van der Waals surface area contributed by atoms with Crippen LogP contribution in [-0.4, -0.2) is 30.2 Å². The number of carboxylic acid groups (broad SMARTS) is 1. The van der Waals surface area contributed by atoms with Crippen LogP contribution in [0.1, 0.15) is 18.9 Å². The quantitative estimate of drug-likeness (QED) is 0.723. The third-order valence-corrected chi connectivity index (χ3v) is 2.21. The van der Waals surface area contributed by atoms with Gasteiger partial charge in [0.05, 0.1) is 6.42 Å². The molecule has 0 aliphatic carbocycles. The van der Waals surface area contributed by atoms with E-state index < -0.39 is 5.97 Å². The molecular weight excluding hydrogens is 234 g/mol. The highest BCUT2D eigenvalue weighted by Crippen LogP contribution is 2.15. The summed E-state index contributed by atoms with van der Waals surface area (Å²) in [6, 6.07) is 6.84. The zero-order valence-electron chi connectivity index (χ0n) is 10.3. The fourth-order valence-corrected chi connectivity index (χ4v) is 1.45. The molecule has 0 aliphatic heterocycles. The van der Waals surface area contributed by atoms with Crippen LogP contribution in [0.15, 0.2) is 24.3 Å². The fourth-order valence-electron chi connectivity index (χ4n) is 1.45. The molecule has 0 aliphatic rings. The van der Waals surface area contributed by atoms with Crippen LogP contribution in [0, 0.1) is 0 Å². The molecule has 0 saturated carbocycles. The molecule has 5 heteroatoms. The van der Waals surface area contributed by atoms with Crippen LogP contribution in [0.5, 0.6) is 0 Å². The Morgan fingerprint density at radius 2 is 2.06 bits per heavy atom. The Bertz CT molecular complexity index is 417. The number of amides is 1. The number of carboxylic acids is 1. The summed E-state index contributed by atoms with van der Waals surface area (Å²) in [6.07, 6.45) is 0.731. The van der Waals surface area contributed by atoms with Gasteiger partial charge in [-0.25, -0.2) is 0 Å². The molecule has 18 heavy (non-hydrogen) atoms. The number of aliphatic carboxylic acids is 1. The maximum Gasteiger partial charge on any atom is 0.307 e.